The van der Waals surface area contributed by atoms with Crippen LogP contribution in [-0.2, 0) is 7.05 Å². The topological polar surface area (TPSA) is 71.8 Å². The highest BCUT2D eigenvalue weighted by atomic mass is 16.1. The van der Waals surface area contributed by atoms with E-state index < -0.39 is 0 Å². The number of carbonyl (C=O) groups excluding carboxylic acids is 1. The van der Waals surface area contributed by atoms with Crippen molar-refractivity contribution >= 4 is 16.9 Å². The lowest BCUT2D eigenvalue weighted by Crippen LogP contribution is -2.28. The van der Waals surface area contributed by atoms with Gasteiger partial charge in [0.25, 0.3) is 5.91 Å². The molecule has 1 unspecified atom stereocenters. The summed E-state index contributed by atoms with van der Waals surface area (Å²) in [6, 6.07) is 2.02. The number of hydrogen-bond acceptors (Lipinski definition) is 4. The quantitative estimate of drug-likeness (QED) is 0.875. The van der Waals surface area contributed by atoms with Crippen molar-refractivity contribution in [2.24, 2.45) is 13.0 Å². The molecule has 4 rings (SSSR count). The third kappa shape index (κ3) is 3.15. The summed E-state index contributed by atoms with van der Waals surface area (Å²) in [4.78, 5) is 17.8. The zero-order chi connectivity index (χ0) is 17.6. The van der Waals surface area contributed by atoms with E-state index in [9.17, 15) is 4.79 Å². The molecular formula is C19H27N5O. The third-order valence-corrected chi connectivity index (χ3v) is 5.20. The minimum Gasteiger partial charge on any atom is -0.352 e. The maximum absolute atomic E-state index is 12.9. The van der Waals surface area contributed by atoms with E-state index in [2.05, 4.69) is 24.5 Å². The Morgan fingerprint density at radius 1 is 1.36 bits per heavy atom. The molecule has 2 aromatic heterocycles. The summed E-state index contributed by atoms with van der Waals surface area (Å²) < 4.78 is 1.86. The Hall–Kier alpha value is -1.95. The van der Waals surface area contributed by atoms with Crippen LogP contribution in [-0.4, -0.2) is 40.3 Å². The van der Waals surface area contributed by atoms with Crippen molar-refractivity contribution in [3.8, 4) is 0 Å². The first kappa shape index (κ1) is 16.5. The van der Waals surface area contributed by atoms with Crippen molar-refractivity contribution in [2.75, 3.05) is 19.6 Å². The Morgan fingerprint density at radius 3 is 2.80 bits per heavy atom. The molecule has 134 valence electrons. The largest absolute Gasteiger partial charge is 0.352 e. The number of fused-ring (bicyclic) bond motifs is 1. The molecule has 1 aliphatic heterocycles. The molecule has 6 nitrogen and oxygen atoms in total. The Morgan fingerprint density at radius 2 is 2.16 bits per heavy atom. The third-order valence-electron chi connectivity index (χ3n) is 5.20. The molecule has 1 saturated heterocycles. The zero-order valence-corrected chi connectivity index (χ0v) is 15.3. The molecule has 1 atom stereocenters. The number of carbonyl (C=O) groups is 1. The van der Waals surface area contributed by atoms with Crippen molar-refractivity contribution in [1.82, 2.24) is 25.4 Å². The van der Waals surface area contributed by atoms with E-state index in [0.29, 0.717) is 24.3 Å². The van der Waals surface area contributed by atoms with E-state index >= 15 is 0 Å². The van der Waals surface area contributed by atoms with Gasteiger partial charge in [-0.2, -0.15) is 5.10 Å². The summed E-state index contributed by atoms with van der Waals surface area (Å²) in [6.07, 6.45) is 3.40. The van der Waals surface area contributed by atoms with E-state index in [1.807, 2.05) is 17.8 Å². The zero-order valence-electron chi connectivity index (χ0n) is 15.3. The van der Waals surface area contributed by atoms with Crippen molar-refractivity contribution in [2.45, 2.75) is 44.9 Å². The minimum absolute atomic E-state index is 0.00297. The molecule has 25 heavy (non-hydrogen) atoms. The molecule has 6 heteroatoms. The minimum atomic E-state index is 0.00297. The van der Waals surface area contributed by atoms with Gasteiger partial charge in [-0.15, -0.1) is 0 Å². The van der Waals surface area contributed by atoms with Crippen LogP contribution in [0.2, 0.25) is 0 Å². The molecule has 2 fully saturated rings. The van der Waals surface area contributed by atoms with Gasteiger partial charge in [0.1, 0.15) is 0 Å². The second kappa shape index (κ2) is 6.41. The predicted octanol–water partition coefficient (Wildman–Crippen LogP) is 2.31. The van der Waals surface area contributed by atoms with Crippen LogP contribution in [0.1, 0.15) is 66.7 Å². The fourth-order valence-electron chi connectivity index (χ4n) is 3.63. The van der Waals surface area contributed by atoms with Gasteiger partial charge in [0, 0.05) is 37.7 Å². The van der Waals surface area contributed by atoms with Gasteiger partial charge in [-0.25, -0.2) is 4.98 Å². The number of nitrogens with one attached hydrogen (secondary N) is 2. The summed E-state index contributed by atoms with van der Waals surface area (Å²) >= 11 is 0. The number of nitrogens with zero attached hydrogens (tertiary/aromatic N) is 3. The molecule has 1 aliphatic carbocycles. The molecule has 2 aromatic rings. The van der Waals surface area contributed by atoms with E-state index in [-0.39, 0.29) is 5.91 Å². The molecule has 3 heterocycles. The smallest absolute Gasteiger partial charge is 0.252 e. The van der Waals surface area contributed by atoms with Gasteiger partial charge in [-0.05, 0) is 37.8 Å². The Balaban J connectivity index is 1.83. The first-order valence-corrected chi connectivity index (χ1v) is 9.41. The highest BCUT2D eigenvalue weighted by Gasteiger charge is 2.31. The standard InChI is InChI=1S/C19H27N5O/c1-11(2)9-21-19(25)14-8-15(12-4-5-12)22-18-16(14)17(23-24(18)3)13-6-7-20-10-13/h8,11-13,20H,4-7,9-10H2,1-3H3,(H,21,25). The Bertz CT molecular complexity index is 800. The number of aromatic nitrogens is 3. The highest BCUT2D eigenvalue weighted by Crippen LogP contribution is 2.41. The molecule has 0 spiro atoms. The molecule has 0 bridgehead atoms. The van der Waals surface area contributed by atoms with Crippen molar-refractivity contribution in [3.63, 3.8) is 0 Å². The monoisotopic (exact) mass is 341 g/mol. The van der Waals surface area contributed by atoms with Gasteiger partial charge >= 0.3 is 0 Å². The second-order valence-electron chi connectivity index (χ2n) is 7.87. The fraction of sp³-hybridized carbons (Fsp3) is 0.632. The summed E-state index contributed by atoms with van der Waals surface area (Å²) in [5, 5.41) is 12.2. The lowest BCUT2D eigenvalue weighted by molar-refractivity contribution is 0.0950. The molecular weight excluding hydrogens is 314 g/mol. The summed E-state index contributed by atoms with van der Waals surface area (Å²) in [5.41, 5.74) is 3.66. The van der Waals surface area contributed by atoms with Crippen LogP contribution in [0.3, 0.4) is 0 Å². The van der Waals surface area contributed by atoms with Crippen LogP contribution in [0.15, 0.2) is 6.07 Å². The second-order valence-corrected chi connectivity index (χ2v) is 7.87. The average Bonchev–Trinajstić information content (AvgIpc) is 3.20. The van der Waals surface area contributed by atoms with Crippen molar-refractivity contribution in [3.05, 3.63) is 23.0 Å². The van der Waals surface area contributed by atoms with Gasteiger partial charge in [-0.3, -0.25) is 9.48 Å². The number of pyridine rings is 1. The van der Waals surface area contributed by atoms with Gasteiger partial charge in [0.15, 0.2) is 5.65 Å². The fourth-order valence-corrected chi connectivity index (χ4v) is 3.63. The number of rotatable bonds is 5. The van der Waals surface area contributed by atoms with Crippen LogP contribution in [0.25, 0.3) is 11.0 Å². The van der Waals surface area contributed by atoms with E-state index in [1.54, 1.807) is 0 Å². The van der Waals surface area contributed by atoms with Crippen LogP contribution in [0.4, 0.5) is 0 Å². The van der Waals surface area contributed by atoms with Crippen LogP contribution in [0.5, 0.6) is 0 Å². The number of hydrogen-bond donors (Lipinski definition) is 2. The van der Waals surface area contributed by atoms with Crippen molar-refractivity contribution < 1.29 is 4.79 Å². The van der Waals surface area contributed by atoms with E-state index in [0.717, 1.165) is 47.5 Å². The molecule has 2 N–H and O–H groups in total. The first-order valence-electron chi connectivity index (χ1n) is 9.41. The maximum Gasteiger partial charge on any atom is 0.252 e. The maximum atomic E-state index is 12.9. The SMILES string of the molecule is CC(C)CNC(=O)c1cc(C2CC2)nc2c1c(C1CCNC1)nn2C. The van der Waals surface area contributed by atoms with Crippen LogP contribution >= 0.6 is 0 Å². The van der Waals surface area contributed by atoms with Gasteiger partial charge in [-0.1, -0.05) is 13.8 Å². The first-order chi connectivity index (χ1) is 12.0. The normalized spacial score (nSPS) is 20.6. The van der Waals surface area contributed by atoms with Crippen LogP contribution < -0.4 is 10.6 Å². The lowest BCUT2D eigenvalue weighted by atomic mass is 9.98. The Kier molecular flexibility index (Phi) is 4.23. The molecule has 1 amide bonds. The van der Waals surface area contributed by atoms with E-state index in [1.165, 1.54) is 12.8 Å². The Labute approximate surface area is 148 Å². The summed E-state index contributed by atoms with van der Waals surface area (Å²) in [6.45, 7) is 6.83. The highest BCUT2D eigenvalue weighted by molar-refractivity contribution is 6.06. The van der Waals surface area contributed by atoms with E-state index in [4.69, 9.17) is 10.1 Å². The molecule has 1 saturated carbocycles. The number of aryl methyl sites for hydroxylation is 1. The summed E-state index contributed by atoms with van der Waals surface area (Å²) in [5.74, 6) is 1.29. The molecule has 0 aromatic carbocycles. The van der Waals surface area contributed by atoms with Gasteiger partial charge < -0.3 is 10.6 Å². The predicted molar refractivity (Wildman–Crippen MR) is 97.9 cm³/mol. The average molecular weight is 341 g/mol. The van der Waals surface area contributed by atoms with Crippen LogP contribution in [0, 0.1) is 5.92 Å². The number of amides is 1. The lowest BCUT2D eigenvalue weighted by Gasteiger charge is -2.12. The molecule has 2 aliphatic rings. The van der Waals surface area contributed by atoms with Gasteiger partial charge in [0.2, 0.25) is 0 Å². The van der Waals surface area contributed by atoms with Gasteiger partial charge in [0.05, 0.1) is 16.6 Å². The van der Waals surface area contributed by atoms with Crippen molar-refractivity contribution in [1.29, 1.82) is 0 Å². The summed E-state index contributed by atoms with van der Waals surface area (Å²) in [7, 11) is 1.94. The molecule has 0 radical (unpaired) electrons.